The van der Waals surface area contributed by atoms with Crippen LogP contribution in [-0.4, -0.2) is 23.3 Å². The molecule has 0 saturated carbocycles. The third-order valence-electron chi connectivity index (χ3n) is 3.50. The zero-order chi connectivity index (χ0) is 18.9. The van der Waals surface area contributed by atoms with E-state index in [4.69, 9.17) is 0 Å². The average Bonchev–Trinajstić information content (AvgIpc) is 2.65. The van der Waals surface area contributed by atoms with E-state index < -0.39 is 10.8 Å². The zero-order valence-corrected chi connectivity index (χ0v) is 14.3. The van der Waals surface area contributed by atoms with Gasteiger partial charge in [-0.2, -0.15) is 0 Å². The molecule has 0 unspecified atom stereocenters. The van der Waals surface area contributed by atoms with E-state index in [1.54, 1.807) is 42.5 Å². The van der Waals surface area contributed by atoms with Crippen molar-refractivity contribution in [2.24, 2.45) is 0 Å². The summed E-state index contributed by atoms with van der Waals surface area (Å²) in [4.78, 5) is 34.4. The molecule has 2 rings (SSSR count). The van der Waals surface area contributed by atoms with Crippen LogP contribution in [0, 0.1) is 10.1 Å². The number of hydrogen-bond acceptors (Lipinski definition) is 4. The normalized spacial score (nSPS) is 10.5. The maximum Gasteiger partial charge on any atom is 0.269 e. The number of nitro groups is 1. The summed E-state index contributed by atoms with van der Waals surface area (Å²) in [6, 6.07) is 12.6. The third kappa shape index (κ3) is 5.27. The number of non-ortho nitro benzene ring substituents is 1. The number of nitro benzene ring substituents is 1. The predicted molar refractivity (Wildman–Crippen MR) is 99.8 cm³/mol. The monoisotopic (exact) mass is 353 g/mol. The van der Waals surface area contributed by atoms with Crippen LogP contribution in [0.3, 0.4) is 0 Å². The predicted octanol–water partition coefficient (Wildman–Crippen LogP) is 3.39. The van der Waals surface area contributed by atoms with E-state index in [0.717, 1.165) is 6.42 Å². The van der Waals surface area contributed by atoms with Crippen LogP contribution >= 0.6 is 0 Å². The molecule has 0 aliphatic carbocycles. The maximum absolute atomic E-state index is 12.1. The summed E-state index contributed by atoms with van der Waals surface area (Å²) < 4.78 is 0. The Morgan fingerprint density at radius 3 is 2.46 bits per heavy atom. The summed E-state index contributed by atoms with van der Waals surface area (Å²) in [5.41, 5.74) is 1.44. The Kier molecular flexibility index (Phi) is 6.61. The Balaban J connectivity index is 2.05. The van der Waals surface area contributed by atoms with Gasteiger partial charge in [-0.05, 0) is 42.3 Å². The first kappa shape index (κ1) is 18.9. The number of benzene rings is 2. The number of carbonyl (C=O) groups is 2. The van der Waals surface area contributed by atoms with Gasteiger partial charge in [0, 0.05) is 24.8 Å². The molecule has 0 fully saturated rings. The van der Waals surface area contributed by atoms with Crippen molar-refractivity contribution in [2.75, 3.05) is 11.9 Å². The van der Waals surface area contributed by atoms with E-state index in [-0.39, 0.29) is 11.6 Å². The molecule has 2 aromatic carbocycles. The van der Waals surface area contributed by atoms with Crippen LogP contribution in [-0.2, 0) is 4.79 Å². The second-order valence-electron chi connectivity index (χ2n) is 5.47. The Morgan fingerprint density at radius 2 is 1.81 bits per heavy atom. The van der Waals surface area contributed by atoms with Crippen molar-refractivity contribution < 1.29 is 14.5 Å². The lowest BCUT2D eigenvalue weighted by molar-refractivity contribution is -0.384. The molecule has 0 bridgehead atoms. The van der Waals surface area contributed by atoms with Crippen LogP contribution in [0.5, 0.6) is 0 Å². The summed E-state index contributed by atoms with van der Waals surface area (Å²) in [7, 11) is 0. The molecule has 0 aliphatic heterocycles. The van der Waals surface area contributed by atoms with Gasteiger partial charge >= 0.3 is 0 Å². The molecular formula is C19H19N3O4. The number of carbonyl (C=O) groups excluding carboxylic acids is 2. The number of amides is 2. The quantitative estimate of drug-likeness (QED) is 0.452. The second-order valence-corrected chi connectivity index (χ2v) is 5.47. The molecule has 2 aromatic rings. The SMILES string of the molecule is CCCNC(=O)c1ccccc1NC(=O)/C=C/c1ccc([N+](=O)[O-])cc1. The van der Waals surface area contributed by atoms with Gasteiger partial charge in [0.1, 0.15) is 0 Å². The van der Waals surface area contributed by atoms with Gasteiger partial charge in [0.15, 0.2) is 0 Å². The van der Waals surface area contributed by atoms with Gasteiger partial charge in [-0.25, -0.2) is 0 Å². The molecule has 7 heteroatoms. The third-order valence-corrected chi connectivity index (χ3v) is 3.50. The molecule has 0 saturated heterocycles. The molecule has 0 aromatic heterocycles. The van der Waals surface area contributed by atoms with Crippen molar-refractivity contribution in [1.29, 1.82) is 0 Å². The molecule has 0 radical (unpaired) electrons. The molecule has 0 heterocycles. The zero-order valence-electron chi connectivity index (χ0n) is 14.3. The molecule has 2 N–H and O–H groups in total. The maximum atomic E-state index is 12.1. The first-order chi connectivity index (χ1) is 12.5. The molecule has 7 nitrogen and oxygen atoms in total. The summed E-state index contributed by atoms with van der Waals surface area (Å²) in [6.07, 6.45) is 3.67. The Morgan fingerprint density at radius 1 is 1.12 bits per heavy atom. The highest BCUT2D eigenvalue weighted by Crippen LogP contribution is 2.16. The van der Waals surface area contributed by atoms with Gasteiger partial charge in [-0.15, -0.1) is 0 Å². The van der Waals surface area contributed by atoms with Gasteiger partial charge in [0.05, 0.1) is 16.2 Å². The minimum Gasteiger partial charge on any atom is -0.352 e. The van der Waals surface area contributed by atoms with Crippen LogP contribution in [0.2, 0.25) is 0 Å². The fourth-order valence-corrected chi connectivity index (χ4v) is 2.18. The average molecular weight is 353 g/mol. The van der Waals surface area contributed by atoms with E-state index in [9.17, 15) is 19.7 Å². The van der Waals surface area contributed by atoms with Crippen LogP contribution in [0.4, 0.5) is 11.4 Å². The minimum absolute atomic E-state index is 0.0152. The van der Waals surface area contributed by atoms with Crippen molar-refractivity contribution in [2.45, 2.75) is 13.3 Å². The number of anilines is 1. The fourth-order valence-electron chi connectivity index (χ4n) is 2.18. The van der Waals surface area contributed by atoms with E-state index >= 15 is 0 Å². The molecule has 0 atom stereocenters. The van der Waals surface area contributed by atoms with Crippen molar-refractivity contribution in [3.8, 4) is 0 Å². The largest absolute Gasteiger partial charge is 0.352 e. The van der Waals surface area contributed by atoms with Crippen molar-refractivity contribution in [3.63, 3.8) is 0 Å². The van der Waals surface area contributed by atoms with E-state index in [1.165, 1.54) is 18.2 Å². The van der Waals surface area contributed by atoms with Gasteiger partial charge < -0.3 is 10.6 Å². The first-order valence-electron chi connectivity index (χ1n) is 8.12. The Labute approximate surface area is 150 Å². The number of hydrogen-bond donors (Lipinski definition) is 2. The fraction of sp³-hybridized carbons (Fsp3) is 0.158. The van der Waals surface area contributed by atoms with Gasteiger partial charge in [0.2, 0.25) is 5.91 Å². The molecule has 2 amide bonds. The number of para-hydroxylation sites is 1. The standard InChI is InChI=1S/C19H19N3O4/c1-2-13-20-19(24)16-5-3-4-6-17(16)21-18(23)12-9-14-7-10-15(11-8-14)22(25)26/h3-12H,2,13H2,1H3,(H,20,24)(H,21,23)/b12-9+. The van der Waals surface area contributed by atoms with Crippen LogP contribution < -0.4 is 10.6 Å². The number of rotatable bonds is 7. The Bertz CT molecular complexity index is 829. The lowest BCUT2D eigenvalue weighted by Gasteiger charge is -2.09. The summed E-state index contributed by atoms with van der Waals surface area (Å²) in [5, 5.41) is 16.1. The molecule has 134 valence electrons. The topological polar surface area (TPSA) is 101 Å². The van der Waals surface area contributed by atoms with Gasteiger partial charge in [-0.3, -0.25) is 19.7 Å². The molecule has 26 heavy (non-hydrogen) atoms. The minimum atomic E-state index is -0.485. The molecule has 0 aliphatic rings. The Hall–Kier alpha value is -3.48. The number of nitrogens with zero attached hydrogens (tertiary/aromatic N) is 1. The molecule has 0 spiro atoms. The summed E-state index contributed by atoms with van der Waals surface area (Å²) >= 11 is 0. The van der Waals surface area contributed by atoms with Crippen LogP contribution in [0.1, 0.15) is 29.3 Å². The highest BCUT2D eigenvalue weighted by molar-refractivity contribution is 6.07. The van der Waals surface area contributed by atoms with Crippen molar-refractivity contribution in [3.05, 3.63) is 75.8 Å². The van der Waals surface area contributed by atoms with E-state index in [2.05, 4.69) is 10.6 Å². The summed E-state index contributed by atoms with van der Waals surface area (Å²) in [5.74, 6) is -0.652. The van der Waals surface area contributed by atoms with Crippen LogP contribution in [0.25, 0.3) is 6.08 Å². The van der Waals surface area contributed by atoms with Crippen LogP contribution in [0.15, 0.2) is 54.6 Å². The lowest BCUT2D eigenvalue weighted by Crippen LogP contribution is -2.25. The van der Waals surface area contributed by atoms with Crippen molar-refractivity contribution in [1.82, 2.24) is 5.32 Å². The smallest absolute Gasteiger partial charge is 0.269 e. The first-order valence-corrected chi connectivity index (χ1v) is 8.12. The highest BCUT2D eigenvalue weighted by Gasteiger charge is 2.11. The highest BCUT2D eigenvalue weighted by atomic mass is 16.6. The van der Waals surface area contributed by atoms with Gasteiger partial charge in [-0.1, -0.05) is 19.1 Å². The second kappa shape index (κ2) is 9.12. The lowest BCUT2D eigenvalue weighted by atomic mass is 10.1. The summed E-state index contributed by atoms with van der Waals surface area (Å²) in [6.45, 7) is 2.51. The van der Waals surface area contributed by atoms with E-state index in [0.29, 0.717) is 23.4 Å². The van der Waals surface area contributed by atoms with Gasteiger partial charge in [0.25, 0.3) is 11.6 Å². The van der Waals surface area contributed by atoms with E-state index in [1.807, 2.05) is 6.92 Å². The van der Waals surface area contributed by atoms with Crippen molar-refractivity contribution >= 4 is 29.3 Å². The molecular weight excluding hydrogens is 334 g/mol. The number of nitrogens with one attached hydrogen (secondary N) is 2.